The number of hydrogen-bond acceptors (Lipinski definition) is 17. The third kappa shape index (κ3) is 13.0. The molecule has 4 aromatic carbocycles. The molecule has 4 N–H and O–H groups in total. The van der Waals surface area contributed by atoms with E-state index in [1.165, 1.54) is 47.2 Å². The normalized spacial score (nSPS) is 18.8. The van der Waals surface area contributed by atoms with Crippen LogP contribution >= 0.6 is 11.6 Å². The molecular weight excluding hydrogens is 1140 g/mol. The van der Waals surface area contributed by atoms with Crippen molar-refractivity contribution in [3.8, 4) is 11.5 Å². The molecule has 11 rings (SSSR count). The number of halogens is 1. The van der Waals surface area contributed by atoms with Crippen molar-refractivity contribution in [2.45, 2.75) is 75.8 Å². The fraction of sp³-hybridized carbons (Fsp3) is 0.387. The van der Waals surface area contributed by atoms with Gasteiger partial charge in [0.25, 0.3) is 33.4 Å². The second-order valence-corrected chi connectivity index (χ2v) is 25.4. The van der Waals surface area contributed by atoms with E-state index >= 15 is 0 Å². The number of nitrogens with zero attached hydrogens (tertiary/aromatic N) is 7. The Kier molecular flexibility index (Phi) is 17.3. The molecule has 0 radical (unpaired) electrons. The molecule has 24 heteroatoms. The van der Waals surface area contributed by atoms with Gasteiger partial charge in [-0.15, -0.1) is 0 Å². The van der Waals surface area contributed by atoms with Crippen LogP contribution in [-0.4, -0.2) is 159 Å². The summed E-state index contributed by atoms with van der Waals surface area (Å²) >= 11 is 6.27. The molecule has 22 nitrogen and oxygen atoms in total. The van der Waals surface area contributed by atoms with Crippen LogP contribution in [0.15, 0.2) is 114 Å². The van der Waals surface area contributed by atoms with Gasteiger partial charge in [-0.25, -0.2) is 18.1 Å². The highest BCUT2D eigenvalue weighted by molar-refractivity contribution is 7.90. The minimum atomic E-state index is -4.66. The molecule has 3 saturated heterocycles. The number of aromatic amines is 1. The number of sulfonamides is 1. The highest BCUT2D eigenvalue weighted by Crippen LogP contribution is 2.44. The lowest BCUT2D eigenvalue weighted by atomic mass is 9.72. The van der Waals surface area contributed by atoms with Gasteiger partial charge in [-0.2, -0.15) is 0 Å². The number of piperazine rings is 1. The lowest BCUT2D eigenvalue weighted by Crippen LogP contribution is -2.54. The number of benzene rings is 4. The molecule has 1 unspecified atom stereocenters. The zero-order valence-corrected chi connectivity index (χ0v) is 49.7. The Morgan fingerprint density at radius 1 is 0.895 bits per heavy atom. The molecule has 450 valence electrons. The number of pyridine rings is 1. The summed E-state index contributed by atoms with van der Waals surface area (Å²) in [5.41, 5.74) is 6.18. The Morgan fingerprint density at radius 3 is 2.43 bits per heavy atom. The van der Waals surface area contributed by atoms with Crippen molar-refractivity contribution < 1.29 is 46.8 Å². The molecule has 2 aromatic heterocycles. The van der Waals surface area contributed by atoms with E-state index in [2.05, 4.69) is 66.0 Å². The predicted molar refractivity (Wildman–Crippen MR) is 325 cm³/mol. The SMILES string of the molecule is CN(c1ccc(S(=O)(=O)NC(=O)c2ccc(N3CCN(CC4=C(c5ccc(Cl)cc5)CC(C)(C)CC4)CC3)cc2Oc2cnc3[nH]ccc3c2)cc1[N+](=O)[O-])C1CCN(CCOCCNc2cccc3c2C(=O)N(C2CCC(=O)NC2=O)C3=O)CC1. The summed E-state index contributed by atoms with van der Waals surface area (Å²) in [4.78, 5) is 93.8. The fourth-order valence-electron chi connectivity index (χ4n) is 12.3. The number of piperidine rings is 2. The third-order valence-electron chi connectivity index (χ3n) is 17.1. The summed E-state index contributed by atoms with van der Waals surface area (Å²) in [7, 11) is -2.92. The van der Waals surface area contributed by atoms with Gasteiger partial charge in [0, 0.05) is 119 Å². The molecule has 0 saturated carbocycles. The number of nitro groups is 1. The van der Waals surface area contributed by atoms with Crippen LogP contribution in [0.2, 0.25) is 5.02 Å². The first-order chi connectivity index (χ1) is 41.3. The minimum Gasteiger partial charge on any atom is -0.455 e. The number of aromatic nitrogens is 2. The first-order valence-corrected chi connectivity index (χ1v) is 30.8. The molecule has 6 aromatic rings. The molecule has 4 aliphatic heterocycles. The molecule has 86 heavy (non-hydrogen) atoms. The molecule has 1 aliphatic carbocycles. The van der Waals surface area contributed by atoms with E-state index in [1.54, 1.807) is 48.5 Å². The average Bonchev–Trinajstić information content (AvgIpc) is 1.97. The predicted octanol–water partition coefficient (Wildman–Crippen LogP) is 8.25. The van der Waals surface area contributed by atoms with Crippen molar-refractivity contribution in [1.29, 1.82) is 0 Å². The van der Waals surface area contributed by atoms with Crippen molar-refractivity contribution in [3.63, 3.8) is 0 Å². The molecule has 5 aliphatic rings. The van der Waals surface area contributed by atoms with Gasteiger partial charge in [-0.3, -0.25) is 49.2 Å². The van der Waals surface area contributed by atoms with Crippen molar-refractivity contribution in [1.82, 2.24) is 34.7 Å². The van der Waals surface area contributed by atoms with Gasteiger partial charge in [0.2, 0.25) is 11.8 Å². The van der Waals surface area contributed by atoms with Crippen molar-refractivity contribution in [2.24, 2.45) is 5.41 Å². The zero-order valence-electron chi connectivity index (χ0n) is 48.1. The van der Waals surface area contributed by atoms with Gasteiger partial charge in [-0.1, -0.05) is 49.2 Å². The van der Waals surface area contributed by atoms with Crippen LogP contribution in [0.1, 0.15) is 95.4 Å². The Labute approximate surface area is 503 Å². The molecule has 3 fully saturated rings. The van der Waals surface area contributed by atoms with Gasteiger partial charge in [0.15, 0.2) is 0 Å². The summed E-state index contributed by atoms with van der Waals surface area (Å²) in [6.45, 7) is 11.5. The van der Waals surface area contributed by atoms with Gasteiger partial charge in [0.1, 0.15) is 28.9 Å². The number of H-pyrrole nitrogens is 1. The lowest BCUT2D eigenvalue weighted by Gasteiger charge is -2.39. The zero-order chi connectivity index (χ0) is 60.4. The topological polar surface area (TPSA) is 262 Å². The van der Waals surface area contributed by atoms with Crippen LogP contribution < -0.4 is 29.9 Å². The van der Waals surface area contributed by atoms with Crippen LogP contribution in [0.5, 0.6) is 11.5 Å². The number of carbonyl (C=O) groups excluding carboxylic acids is 5. The van der Waals surface area contributed by atoms with Crippen LogP contribution in [0, 0.1) is 15.5 Å². The number of nitrogens with one attached hydrogen (secondary N) is 4. The number of fused-ring (bicyclic) bond motifs is 2. The molecule has 1 atom stereocenters. The Morgan fingerprint density at radius 2 is 1.67 bits per heavy atom. The average molecular weight is 1210 g/mol. The number of anilines is 3. The quantitative estimate of drug-likeness (QED) is 0.0243. The third-order valence-corrected chi connectivity index (χ3v) is 18.7. The largest absolute Gasteiger partial charge is 0.455 e. The van der Waals surface area contributed by atoms with Crippen molar-refractivity contribution >= 4 is 90.5 Å². The highest BCUT2D eigenvalue weighted by Gasteiger charge is 2.46. The van der Waals surface area contributed by atoms with Crippen molar-refractivity contribution in [2.75, 3.05) is 94.3 Å². The van der Waals surface area contributed by atoms with Crippen LogP contribution in [0.4, 0.5) is 22.7 Å². The lowest BCUT2D eigenvalue weighted by molar-refractivity contribution is -0.384. The number of likely N-dealkylation sites (tertiary alicyclic amines) is 1. The highest BCUT2D eigenvalue weighted by atomic mass is 35.5. The van der Waals surface area contributed by atoms with Crippen molar-refractivity contribution in [3.05, 3.63) is 146 Å². The number of carbonyl (C=O) groups is 5. The first-order valence-electron chi connectivity index (χ1n) is 29.0. The van der Waals surface area contributed by atoms with E-state index in [4.69, 9.17) is 21.1 Å². The Balaban J connectivity index is 0.694. The first kappa shape index (κ1) is 59.5. The number of imide groups is 2. The fourth-order valence-corrected chi connectivity index (χ4v) is 13.4. The number of ether oxygens (including phenoxy) is 2. The van der Waals surface area contributed by atoms with Gasteiger partial charge >= 0.3 is 0 Å². The minimum absolute atomic E-state index is 0.0266. The number of rotatable bonds is 20. The molecule has 5 amide bonds. The summed E-state index contributed by atoms with van der Waals surface area (Å²) in [5.74, 6) is -2.87. The maximum Gasteiger partial charge on any atom is 0.293 e. The van der Waals surface area contributed by atoms with E-state index in [9.17, 15) is 42.5 Å². The van der Waals surface area contributed by atoms with E-state index in [-0.39, 0.29) is 52.4 Å². The number of allylic oxidation sites excluding steroid dienone is 1. The second-order valence-electron chi connectivity index (χ2n) is 23.3. The van der Waals surface area contributed by atoms with Crippen LogP contribution in [-0.2, 0) is 24.3 Å². The van der Waals surface area contributed by atoms with E-state index in [0.717, 1.165) is 60.9 Å². The summed E-state index contributed by atoms with van der Waals surface area (Å²) in [5, 5.41) is 19.5. The molecule has 0 bridgehead atoms. The molecule has 0 spiro atoms. The number of nitro benzene ring substituents is 1. The van der Waals surface area contributed by atoms with Crippen LogP contribution in [0.3, 0.4) is 0 Å². The maximum atomic E-state index is 14.2. The van der Waals surface area contributed by atoms with Gasteiger partial charge < -0.3 is 34.5 Å². The Bertz CT molecular complexity index is 3780. The summed E-state index contributed by atoms with van der Waals surface area (Å²) in [6, 6.07) is 24.1. The van der Waals surface area contributed by atoms with Gasteiger partial charge in [-0.05, 0) is 116 Å². The smallest absolute Gasteiger partial charge is 0.293 e. The van der Waals surface area contributed by atoms with E-state index in [0.29, 0.717) is 87.4 Å². The Hall–Kier alpha value is -8.22. The van der Waals surface area contributed by atoms with Gasteiger partial charge in [0.05, 0.1) is 45.9 Å². The van der Waals surface area contributed by atoms with E-state index < -0.39 is 61.1 Å². The van der Waals surface area contributed by atoms with E-state index in [1.807, 2.05) is 18.2 Å². The number of amides is 5. The standard InChI is InChI=1S/C62H68ClN11O11S/c1-62(2)21-17-41(49(36-62)39-7-9-42(63)10-8-39)38-71-26-28-72(29-27-71)44-11-13-47(54(34-44)85-45-33-40-18-22-65-57(40)66-37-45)58(76)68-86(82,83)46-12-14-51(53(35-46)74(80)81)69(3)43-19-24-70(25-20-43)30-32-84-31-23-64-50-6-4-5-48-56(50)61(79)73(60(48)78)52-15-16-55(75)67-59(52)77/h4-14,18,22,33-35,37,43,52,64H,15-17,19-21,23-32,36,38H2,1-3H3,(H,65,66)(H,68,76)(H,67,75,77). The molecule has 6 heterocycles. The second kappa shape index (κ2) is 25.0. The van der Waals surface area contributed by atoms with Crippen LogP contribution in [0.25, 0.3) is 16.6 Å². The summed E-state index contributed by atoms with van der Waals surface area (Å²) < 4.78 is 42.6. The monoisotopic (exact) mass is 1210 g/mol. The maximum absolute atomic E-state index is 14.2. The number of hydrogen-bond donors (Lipinski definition) is 4. The molecular formula is C62H68ClN11O11S. The summed E-state index contributed by atoms with van der Waals surface area (Å²) in [6.07, 6.45) is 7.80.